The fourth-order valence-electron chi connectivity index (χ4n) is 5.74. The van der Waals surface area contributed by atoms with Gasteiger partial charge in [0.2, 0.25) is 17.7 Å². The van der Waals surface area contributed by atoms with Crippen molar-refractivity contribution in [2.75, 3.05) is 10.2 Å². The molecule has 3 atom stereocenters. The molecular weight excluding hydrogens is 609 g/mol. The second kappa shape index (κ2) is 10.8. The number of imide groups is 1. The normalized spacial score (nSPS) is 19.4. The Labute approximate surface area is 257 Å². The number of thioether (sulfide) groups is 1. The van der Waals surface area contributed by atoms with Crippen molar-refractivity contribution in [3.8, 4) is 0 Å². The number of thiazole rings is 1. The van der Waals surface area contributed by atoms with Crippen LogP contribution in [0.25, 0.3) is 10.8 Å². The molecule has 4 aromatic carbocycles. The highest BCUT2D eigenvalue weighted by atomic mass is 35.5. The Kier molecular flexibility index (Phi) is 6.92. The van der Waals surface area contributed by atoms with Gasteiger partial charge in [0.15, 0.2) is 0 Å². The number of carbonyl (C=O) groups is 3. The van der Waals surface area contributed by atoms with E-state index in [4.69, 9.17) is 11.6 Å². The van der Waals surface area contributed by atoms with Crippen molar-refractivity contribution >= 4 is 74.6 Å². The third-order valence-electron chi connectivity index (χ3n) is 7.70. The van der Waals surface area contributed by atoms with E-state index in [2.05, 4.69) is 5.32 Å². The minimum absolute atomic E-state index is 0.277. The Morgan fingerprint density at radius 1 is 0.884 bits per heavy atom. The van der Waals surface area contributed by atoms with Gasteiger partial charge >= 0.3 is 4.87 Å². The number of halogens is 2. The molecule has 1 saturated heterocycles. The highest BCUT2D eigenvalue weighted by Gasteiger charge is 2.56. The Balaban J connectivity index is 1.26. The van der Waals surface area contributed by atoms with E-state index in [1.165, 1.54) is 16.7 Å². The van der Waals surface area contributed by atoms with Gasteiger partial charge in [0.25, 0.3) is 0 Å². The first-order valence-corrected chi connectivity index (χ1v) is 15.4. The predicted molar refractivity (Wildman–Crippen MR) is 166 cm³/mol. The zero-order valence-corrected chi connectivity index (χ0v) is 24.6. The highest BCUT2D eigenvalue weighted by molar-refractivity contribution is 8.00. The third-order valence-corrected chi connectivity index (χ3v) is 10.6. The van der Waals surface area contributed by atoms with Crippen molar-refractivity contribution < 1.29 is 18.8 Å². The van der Waals surface area contributed by atoms with E-state index in [-0.39, 0.29) is 11.4 Å². The van der Waals surface area contributed by atoms with Crippen molar-refractivity contribution in [3.05, 3.63) is 122 Å². The summed E-state index contributed by atoms with van der Waals surface area (Å²) in [5.74, 6) is -3.20. The van der Waals surface area contributed by atoms with Gasteiger partial charge < -0.3 is 5.32 Å². The topological polar surface area (TPSA) is 88.5 Å². The molecule has 214 valence electrons. The maximum absolute atomic E-state index is 13.9. The minimum Gasteiger partial charge on any atom is -0.325 e. The van der Waals surface area contributed by atoms with E-state index in [0.717, 1.165) is 38.8 Å². The van der Waals surface area contributed by atoms with E-state index in [1.807, 2.05) is 36.4 Å². The lowest BCUT2D eigenvalue weighted by Crippen LogP contribution is -2.33. The molecule has 0 aliphatic carbocycles. The fourth-order valence-corrected chi connectivity index (χ4v) is 8.64. The van der Waals surface area contributed by atoms with Gasteiger partial charge in [-0.2, -0.15) is 0 Å². The number of aromatic nitrogens is 1. The summed E-state index contributed by atoms with van der Waals surface area (Å²) in [7, 11) is 0. The summed E-state index contributed by atoms with van der Waals surface area (Å²) in [5, 5.41) is 4.93. The number of fused-ring (bicyclic) bond motifs is 3. The molecule has 0 spiro atoms. The summed E-state index contributed by atoms with van der Waals surface area (Å²) in [5.41, 5.74) is 1.58. The van der Waals surface area contributed by atoms with Crippen LogP contribution < -0.4 is 15.1 Å². The highest BCUT2D eigenvalue weighted by Crippen LogP contribution is 2.53. The van der Waals surface area contributed by atoms with E-state index in [1.54, 1.807) is 42.5 Å². The number of benzene rings is 4. The second-order valence-corrected chi connectivity index (χ2v) is 12.9. The zero-order chi connectivity index (χ0) is 29.8. The van der Waals surface area contributed by atoms with Gasteiger partial charge in [-0.1, -0.05) is 77.2 Å². The molecule has 2 aliphatic rings. The number of rotatable bonds is 5. The number of carbonyl (C=O) groups excluding carboxylic acids is 3. The maximum Gasteiger partial charge on any atom is 0.308 e. The Hall–Kier alpha value is -4.25. The predicted octanol–water partition coefficient (Wildman–Crippen LogP) is 6.29. The quantitative estimate of drug-likeness (QED) is 0.231. The molecular formula is C32H21ClFN3O4S2. The monoisotopic (exact) mass is 629 g/mol. The molecule has 43 heavy (non-hydrogen) atoms. The fraction of sp³-hybridized carbons (Fsp3) is 0.125. The molecule has 2 aliphatic heterocycles. The number of hydrogen-bond acceptors (Lipinski definition) is 6. The van der Waals surface area contributed by atoms with Crippen molar-refractivity contribution in [2.24, 2.45) is 5.92 Å². The van der Waals surface area contributed by atoms with Gasteiger partial charge in [0, 0.05) is 21.5 Å². The van der Waals surface area contributed by atoms with E-state index in [9.17, 15) is 23.6 Å². The third kappa shape index (κ3) is 4.85. The largest absolute Gasteiger partial charge is 0.325 e. The van der Waals surface area contributed by atoms with Crippen LogP contribution >= 0.6 is 34.7 Å². The molecule has 1 fully saturated rings. The van der Waals surface area contributed by atoms with Crippen LogP contribution in [0.4, 0.5) is 15.8 Å². The van der Waals surface area contributed by atoms with Crippen LogP contribution in [0.2, 0.25) is 5.02 Å². The summed E-state index contributed by atoms with van der Waals surface area (Å²) in [6.45, 7) is -0.277. The molecule has 1 aromatic heterocycles. The average Bonchev–Trinajstić information content (AvgIpc) is 3.44. The maximum atomic E-state index is 13.9. The first-order chi connectivity index (χ1) is 20.8. The Bertz CT molecular complexity index is 1990. The molecule has 1 N–H and O–H groups in total. The molecule has 7 rings (SSSR count). The van der Waals surface area contributed by atoms with Crippen LogP contribution in [-0.2, 0) is 20.9 Å². The molecule has 5 aromatic rings. The number of hydrogen-bond donors (Lipinski definition) is 1. The summed E-state index contributed by atoms with van der Waals surface area (Å²) < 4.78 is 15.3. The summed E-state index contributed by atoms with van der Waals surface area (Å²) in [6.07, 6.45) is 0. The van der Waals surface area contributed by atoms with Crippen molar-refractivity contribution in [3.63, 3.8) is 0 Å². The lowest BCUT2D eigenvalue weighted by Gasteiger charge is -2.30. The molecule has 3 unspecified atom stereocenters. The van der Waals surface area contributed by atoms with Gasteiger partial charge in [-0.15, -0.1) is 0 Å². The van der Waals surface area contributed by atoms with E-state index in [0.29, 0.717) is 31.9 Å². The summed E-state index contributed by atoms with van der Waals surface area (Å²) in [6, 6.07) is 25.5. The molecule has 0 saturated carbocycles. The smallest absolute Gasteiger partial charge is 0.308 e. The summed E-state index contributed by atoms with van der Waals surface area (Å²) in [4.78, 5) is 55.6. The van der Waals surface area contributed by atoms with Crippen LogP contribution in [0.15, 0.2) is 101 Å². The first-order valence-electron chi connectivity index (χ1n) is 13.4. The minimum atomic E-state index is -0.852. The Morgan fingerprint density at radius 3 is 2.35 bits per heavy atom. The molecule has 11 heteroatoms. The molecule has 0 bridgehead atoms. The number of amides is 3. The van der Waals surface area contributed by atoms with E-state index < -0.39 is 40.6 Å². The average molecular weight is 630 g/mol. The van der Waals surface area contributed by atoms with Gasteiger partial charge in [0.1, 0.15) is 17.6 Å². The molecule has 7 nitrogen and oxygen atoms in total. The van der Waals surface area contributed by atoms with Gasteiger partial charge in [-0.05, 0) is 64.9 Å². The molecule has 3 amide bonds. The second-order valence-electron chi connectivity index (χ2n) is 10.3. The zero-order valence-electron chi connectivity index (χ0n) is 22.2. The van der Waals surface area contributed by atoms with E-state index >= 15 is 0 Å². The van der Waals surface area contributed by atoms with Crippen molar-refractivity contribution in [1.29, 1.82) is 0 Å². The van der Waals surface area contributed by atoms with Gasteiger partial charge in [-0.3, -0.25) is 23.7 Å². The standard InChI is InChI=1S/C32H21ClFN3O4S2/c33-20-8-13-23(14-9-20)37-29(39)26-25(18-5-10-21(34)11-6-18)28-31(42-27(26)30(37)40)36(32(41)43-28)16-24(38)35-22-12-7-17-3-1-2-4-19(17)15-22/h1-15,25-27H,16H2,(H,35,38). The number of nitrogens with one attached hydrogen (secondary N) is 1. The Morgan fingerprint density at radius 2 is 1.60 bits per heavy atom. The first kappa shape index (κ1) is 27.6. The number of anilines is 2. The van der Waals surface area contributed by atoms with Crippen LogP contribution in [0.5, 0.6) is 0 Å². The lowest BCUT2D eigenvalue weighted by molar-refractivity contribution is -0.122. The van der Waals surface area contributed by atoms with Crippen LogP contribution in [0, 0.1) is 11.7 Å². The lowest BCUT2D eigenvalue weighted by atomic mass is 9.83. The van der Waals surface area contributed by atoms with Crippen molar-refractivity contribution in [2.45, 2.75) is 22.7 Å². The SMILES string of the molecule is O=C(Cn1c2c(sc1=O)C(c1ccc(F)cc1)C1C(=O)N(c3ccc(Cl)cc3)C(=O)C1S2)Nc1ccc2ccccc2c1. The van der Waals surface area contributed by atoms with Crippen LogP contribution in [-0.4, -0.2) is 27.5 Å². The van der Waals surface area contributed by atoms with Crippen LogP contribution in [0.1, 0.15) is 16.4 Å². The molecule has 3 heterocycles. The number of nitrogens with zero attached hydrogens (tertiary/aromatic N) is 2. The molecule has 0 radical (unpaired) electrons. The van der Waals surface area contributed by atoms with Gasteiger partial charge in [-0.25, -0.2) is 9.29 Å². The van der Waals surface area contributed by atoms with Gasteiger partial charge in [0.05, 0.1) is 16.6 Å². The van der Waals surface area contributed by atoms with Crippen LogP contribution in [0.3, 0.4) is 0 Å². The van der Waals surface area contributed by atoms with Crippen molar-refractivity contribution in [1.82, 2.24) is 4.57 Å². The summed E-state index contributed by atoms with van der Waals surface area (Å²) >= 11 is 8.10.